The van der Waals surface area contributed by atoms with Gasteiger partial charge < -0.3 is 5.32 Å². The van der Waals surface area contributed by atoms with Crippen molar-refractivity contribution in [2.24, 2.45) is 0 Å². The first-order valence-electron chi connectivity index (χ1n) is 8.20. The molecule has 1 aliphatic rings. The predicted octanol–water partition coefficient (Wildman–Crippen LogP) is 5.53. The van der Waals surface area contributed by atoms with E-state index in [-0.39, 0.29) is 0 Å². The maximum Gasteiger partial charge on any atom is 0.0406 e. The van der Waals surface area contributed by atoms with Gasteiger partial charge in [-0.25, -0.2) is 0 Å². The van der Waals surface area contributed by atoms with Crippen LogP contribution < -0.4 is 5.32 Å². The molecular weight excluding hydrogens is 266 g/mol. The summed E-state index contributed by atoms with van der Waals surface area (Å²) in [5, 5.41) is 4.61. The first-order chi connectivity index (χ1) is 9.69. The molecule has 1 fully saturated rings. The van der Waals surface area contributed by atoms with Crippen LogP contribution in [0.5, 0.6) is 0 Å². The van der Waals surface area contributed by atoms with Crippen molar-refractivity contribution in [2.75, 3.05) is 0 Å². The minimum atomic E-state index is 0.669. The number of unbranched alkanes of at least 4 members (excludes halogenated alkanes) is 3. The van der Waals surface area contributed by atoms with Gasteiger partial charge in [0, 0.05) is 17.1 Å². The molecule has 0 aliphatic heterocycles. The van der Waals surface area contributed by atoms with Crippen LogP contribution in [0.15, 0.2) is 24.3 Å². The van der Waals surface area contributed by atoms with Gasteiger partial charge in [0.2, 0.25) is 0 Å². The minimum absolute atomic E-state index is 0.669. The molecule has 0 saturated heterocycles. The molecule has 0 heterocycles. The summed E-state index contributed by atoms with van der Waals surface area (Å²) in [6.07, 6.45) is 9.35. The fourth-order valence-electron chi connectivity index (χ4n) is 3.12. The standard InChI is InChI=1S/C18H28ClN/c1-3-4-5-6-7-14(2)20-18-12-16(13-18)15-8-10-17(19)11-9-15/h8-11,14,16,18,20H,3-7,12-13H2,1-2H3. The highest BCUT2D eigenvalue weighted by Crippen LogP contribution is 2.37. The molecule has 112 valence electrons. The Morgan fingerprint density at radius 2 is 1.85 bits per heavy atom. The van der Waals surface area contributed by atoms with E-state index in [1.54, 1.807) is 0 Å². The van der Waals surface area contributed by atoms with Gasteiger partial charge in [0.25, 0.3) is 0 Å². The number of hydrogen-bond donors (Lipinski definition) is 1. The quantitative estimate of drug-likeness (QED) is 0.621. The van der Waals surface area contributed by atoms with Gasteiger partial charge >= 0.3 is 0 Å². The second-order valence-corrected chi connectivity index (χ2v) is 6.77. The number of benzene rings is 1. The van der Waals surface area contributed by atoms with Crippen molar-refractivity contribution in [3.63, 3.8) is 0 Å². The van der Waals surface area contributed by atoms with Crippen LogP contribution in [0.2, 0.25) is 5.02 Å². The largest absolute Gasteiger partial charge is 0.311 e. The Morgan fingerprint density at radius 1 is 1.15 bits per heavy atom. The smallest absolute Gasteiger partial charge is 0.0406 e. The van der Waals surface area contributed by atoms with E-state index in [1.165, 1.54) is 50.5 Å². The summed E-state index contributed by atoms with van der Waals surface area (Å²) < 4.78 is 0. The lowest BCUT2D eigenvalue weighted by Gasteiger charge is -2.38. The van der Waals surface area contributed by atoms with Gasteiger partial charge in [-0.15, -0.1) is 0 Å². The Kier molecular flexibility index (Phi) is 6.38. The van der Waals surface area contributed by atoms with Crippen LogP contribution in [0.25, 0.3) is 0 Å². The number of rotatable bonds is 8. The van der Waals surface area contributed by atoms with E-state index in [4.69, 9.17) is 11.6 Å². The Morgan fingerprint density at radius 3 is 2.50 bits per heavy atom. The average Bonchev–Trinajstić information content (AvgIpc) is 2.40. The monoisotopic (exact) mass is 293 g/mol. The fraction of sp³-hybridized carbons (Fsp3) is 0.667. The van der Waals surface area contributed by atoms with Crippen molar-refractivity contribution in [1.29, 1.82) is 0 Å². The SMILES string of the molecule is CCCCCCC(C)NC1CC(c2ccc(Cl)cc2)C1. The second kappa shape index (κ2) is 8.05. The topological polar surface area (TPSA) is 12.0 Å². The Labute approximate surface area is 129 Å². The molecule has 0 aromatic heterocycles. The zero-order chi connectivity index (χ0) is 14.4. The molecule has 0 spiro atoms. The van der Waals surface area contributed by atoms with E-state index in [1.807, 2.05) is 12.1 Å². The molecule has 0 radical (unpaired) electrons. The fourth-order valence-corrected chi connectivity index (χ4v) is 3.25. The summed E-state index contributed by atoms with van der Waals surface area (Å²) in [6.45, 7) is 4.61. The van der Waals surface area contributed by atoms with Gasteiger partial charge in [0.1, 0.15) is 0 Å². The highest BCUT2D eigenvalue weighted by atomic mass is 35.5. The third-order valence-electron chi connectivity index (χ3n) is 4.49. The summed E-state index contributed by atoms with van der Waals surface area (Å²) in [6, 6.07) is 9.76. The van der Waals surface area contributed by atoms with Crippen molar-refractivity contribution in [3.05, 3.63) is 34.9 Å². The van der Waals surface area contributed by atoms with Crippen LogP contribution in [0.3, 0.4) is 0 Å². The Balaban J connectivity index is 1.62. The molecule has 0 amide bonds. The first kappa shape index (κ1) is 15.9. The molecular formula is C18H28ClN. The van der Waals surface area contributed by atoms with Crippen LogP contribution in [-0.4, -0.2) is 12.1 Å². The molecule has 1 N–H and O–H groups in total. The maximum absolute atomic E-state index is 5.93. The van der Waals surface area contributed by atoms with Gasteiger partial charge in [-0.05, 0) is 49.8 Å². The predicted molar refractivity (Wildman–Crippen MR) is 88.6 cm³/mol. The number of nitrogens with one attached hydrogen (secondary N) is 1. The Hall–Kier alpha value is -0.530. The molecule has 20 heavy (non-hydrogen) atoms. The van der Waals surface area contributed by atoms with Crippen LogP contribution >= 0.6 is 11.6 Å². The molecule has 2 heteroatoms. The second-order valence-electron chi connectivity index (χ2n) is 6.33. The maximum atomic E-state index is 5.93. The molecule has 1 aromatic carbocycles. The lowest BCUT2D eigenvalue weighted by Crippen LogP contribution is -2.44. The van der Waals surface area contributed by atoms with Crippen molar-refractivity contribution in [1.82, 2.24) is 5.32 Å². The summed E-state index contributed by atoms with van der Waals surface area (Å²) in [5.74, 6) is 0.733. The lowest BCUT2D eigenvalue weighted by molar-refractivity contribution is 0.263. The third-order valence-corrected chi connectivity index (χ3v) is 4.74. The molecule has 1 atom stereocenters. The molecule has 1 unspecified atom stereocenters. The highest BCUT2D eigenvalue weighted by Gasteiger charge is 2.30. The average molecular weight is 294 g/mol. The van der Waals surface area contributed by atoms with Crippen LogP contribution in [-0.2, 0) is 0 Å². The number of halogens is 1. The van der Waals surface area contributed by atoms with Crippen molar-refractivity contribution < 1.29 is 0 Å². The van der Waals surface area contributed by atoms with E-state index in [0.29, 0.717) is 6.04 Å². The Bertz CT molecular complexity index is 381. The van der Waals surface area contributed by atoms with Crippen molar-refractivity contribution >= 4 is 11.6 Å². The van der Waals surface area contributed by atoms with Gasteiger partial charge in [-0.2, -0.15) is 0 Å². The lowest BCUT2D eigenvalue weighted by atomic mass is 9.75. The van der Waals surface area contributed by atoms with Crippen molar-refractivity contribution in [3.8, 4) is 0 Å². The summed E-state index contributed by atoms with van der Waals surface area (Å²) in [4.78, 5) is 0. The van der Waals surface area contributed by atoms with Crippen LogP contribution in [0.1, 0.15) is 70.3 Å². The van der Waals surface area contributed by atoms with Crippen molar-refractivity contribution in [2.45, 2.75) is 76.8 Å². The highest BCUT2D eigenvalue weighted by molar-refractivity contribution is 6.30. The molecule has 1 saturated carbocycles. The summed E-state index contributed by atoms with van der Waals surface area (Å²) in [5.41, 5.74) is 1.45. The molecule has 1 nitrogen and oxygen atoms in total. The van der Waals surface area contributed by atoms with E-state index < -0.39 is 0 Å². The molecule has 2 rings (SSSR count). The summed E-state index contributed by atoms with van der Waals surface area (Å²) in [7, 11) is 0. The molecule has 1 aliphatic carbocycles. The first-order valence-corrected chi connectivity index (χ1v) is 8.58. The molecule has 1 aromatic rings. The third kappa shape index (κ3) is 4.79. The van der Waals surface area contributed by atoms with Gasteiger partial charge in [0.05, 0.1) is 0 Å². The van der Waals surface area contributed by atoms with Crippen LogP contribution in [0, 0.1) is 0 Å². The number of hydrogen-bond acceptors (Lipinski definition) is 1. The van der Waals surface area contributed by atoms with E-state index in [9.17, 15) is 0 Å². The van der Waals surface area contributed by atoms with E-state index in [2.05, 4.69) is 31.3 Å². The van der Waals surface area contributed by atoms with Gasteiger partial charge in [-0.3, -0.25) is 0 Å². The minimum Gasteiger partial charge on any atom is -0.311 e. The zero-order valence-corrected chi connectivity index (χ0v) is 13.6. The normalized spacial score (nSPS) is 23.4. The summed E-state index contributed by atoms with van der Waals surface area (Å²) >= 11 is 5.93. The molecule has 0 bridgehead atoms. The van der Waals surface area contributed by atoms with Gasteiger partial charge in [0.15, 0.2) is 0 Å². The van der Waals surface area contributed by atoms with E-state index in [0.717, 1.165) is 17.0 Å². The zero-order valence-electron chi connectivity index (χ0n) is 12.9. The van der Waals surface area contributed by atoms with E-state index >= 15 is 0 Å². The van der Waals surface area contributed by atoms with Gasteiger partial charge in [-0.1, -0.05) is 56.3 Å². The van der Waals surface area contributed by atoms with Crippen LogP contribution in [0.4, 0.5) is 0 Å².